The van der Waals surface area contributed by atoms with E-state index in [9.17, 15) is 5.11 Å². The van der Waals surface area contributed by atoms with Crippen molar-refractivity contribution in [2.75, 3.05) is 0 Å². The summed E-state index contributed by atoms with van der Waals surface area (Å²) in [6, 6.07) is 0. The third-order valence-corrected chi connectivity index (χ3v) is 3.75. The molecule has 2 heteroatoms. The first-order valence-corrected chi connectivity index (χ1v) is 7.83. The molecule has 0 aliphatic carbocycles. The Morgan fingerprint density at radius 3 is 2.39 bits per heavy atom. The fourth-order valence-corrected chi connectivity index (χ4v) is 2.51. The molecule has 1 rings (SSSR count). The summed E-state index contributed by atoms with van der Waals surface area (Å²) >= 11 is 0. The molecule has 0 spiro atoms. The van der Waals surface area contributed by atoms with Gasteiger partial charge in [0.15, 0.2) is 0 Å². The molecule has 0 bridgehead atoms. The predicted molar refractivity (Wildman–Crippen MR) is 76.5 cm³/mol. The van der Waals surface area contributed by atoms with Crippen molar-refractivity contribution in [2.24, 2.45) is 0 Å². The van der Waals surface area contributed by atoms with E-state index in [1.54, 1.807) is 6.26 Å². The highest BCUT2D eigenvalue weighted by Gasteiger charge is 2.20. The van der Waals surface area contributed by atoms with Crippen LogP contribution in [0.15, 0.2) is 12.3 Å². The van der Waals surface area contributed by atoms with E-state index in [0.717, 1.165) is 25.7 Å². The summed E-state index contributed by atoms with van der Waals surface area (Å²) in [6.07, 6.45) is 17.0. The first-order valence-electron chi connectivity index (χ1n) is 7.83. The fraction of sp³-hybridized carbons (Fsp3) is 0.875. The van der Waals surface area contributed by atoms with Gasteiger partial charge in [0.25, 0.3) is 0 Å². The van der Waals surface area contributed by atoms with Crippen molar-refractivity contribution in [2.45, 2.75) is 89.8 Å². The SMILES string of the molecule is CCCCCCCCCC[C@H](O)[C@@H]1CCC=CO1. The van der Waals surface area contributed by atoms with Crippen LogP contribution in [0.1, 0.15) is 77.6 Å². The Labute approximate surface area is 112 Å². The fourth-order valence-electron chi connectivity index (χ4n) is 2.51. The van der Waals surface area contributed by atoms with Crippen LogP contribution in [-0.4, -0.2) is 17.3 Å². The van der Waals surface area contributed by atoms with Crippen molar-refractivity contribution >= 4 is 0 Å². The van der Waals surface area contributed by atoms with Crippen LogP contribution in [0, 0.1) is 0 Å². The molecule has 1 heterocycles. The number of aliphatic hydroxyl groups is 1. The molecule has 1 aliphatic heterocycles. The van der Waals surface area contributed by atoms with Crippen molar-refractivity contribution in [3.05, 3.63) is 12.3 Å². The van der Waals surface area contributed by atoms with Crippen LogP contribution >= 0.6 is 0 Å². The van der Waals surface area contributed by atoms with E-state index in [0.29, 0.717) is 0 Å². The molecule has 2 nitrogen and oxygen atoms in total. The molecule has 18 heavy (non-hydrogen) atoms. The van der Waals surface area contributed by atoms with Gasteiger partial charge in [-0.1, -0.05) is 58.3 Å². The van der Waals surface area contributed by atoms with Crippen molar-refractivity contribution in [3.63, 3.8) is 0 Å². The van der Waals surface area contributed by atoms with Crippen LogP contribution in [0.3, 0.4) is 0 Å². The van der Waals surface area contributed by atoms with Gasteiger partial charge in [0.05, 0.1) is 12.4 Å². The molecule has 0 fully saturated rings. The maximum atomic E-state index is 9.99. The lowest BCUT2D eigenvalue weighted by Crippen LogP contribution is -2.28. The lowest BCUT2D eigenvalue weighted by Gasteiger charge is -2.24. The van der Waals surface area contributed by atoms with E-state index in [1.165, 1.54) is 44.9 Å². The van der Waals surface area contributed by atoms with E-state index in [4.69, 9.17) is 4.74 Å². The molecule has 106 valence electrons. The van der Waals surface area contributed by atoms with Gasteiger partial charge in [-0.2, -0.15) is 0 Å². The summed E-state index contributed by atoms with van der Waals surface area (Å²) in [7, 11) is 0. The lowest BCUT2D eigenvalue weighted by atomic mass is 10.00. The molecule has 0 aromatic rings. The molecule has 0 saturated heterocycles. The lowest BCUT2D eigenvalue weighted by molar-refractivity contribution is -0.00688. The molecule has 0 unspecified atom stereocenters. The number of unbranched alkanes of at least 4 members (excludes halogenated alkanes) is 7. The second-order valence-electron chi connectivity index (χ2n) is 5.45. The third-order valence-electron chi connectivity index (χ3n) is 3.75. The van der Waals surface area contributed by atoms with Gasteiger partial charge in [-0.15, -0.1) is 0 Å². The van der Waals surface area contributed by atoms with Gasteiger partial charge in [0, 0.05) is 0 Å². The van der Waals surface area contributed by atoms with Gasteiger partial charge in [0.2, 0.25) is 0 Å². The van der Waals surface area contributed by atoms with Gasteiger partial charge in [-0.05, 0) is 25.3 Å². The van der Waals surface area contributed by atoms with Crippen molar-refractivity contribution in [3.8, 4) is 0 Å². The Morgan fingerprint density at radius 2 is 1.78 bits per heavy atom. The number of rotatable bonds is 10. The molecule has 0 saturated carbocycles. The molecule has 2 atom stereocenters. The molecule has 0 radical (unpaired) electrons. The van der Waals surface area contributed by atoms with Crippen LogP contribution in [0.4, 0.5) is 0 Å². The second kappa shape index (κ2) is 10.4. The largest absolute Gasteiger partial charge is 0.496 e. The van der Waals surface area contributed by atoms with Crippen molar-refractivity contribution < 1.29 is 9.84 Å². The highest BCUT2D eigenvalue weighted by Crippen LogP contribution is 2.18. The van der Waals surface area contributed by atoms with E-state index >= 15 is 0 Å². The average molecular weight is 254 g/mol. The predicted octanol–water partition coefficient (Wildman–Crippen LogP) is 4.57. The van der Waals surface area contributed by atoms with Crippen LogP contribution < -0.4 is 0 Å². The Hall–Kier alpha value is -0.500. The van der Waals surface area contributed by atoms with Crippen molar-refractivity contribution in [1.82, 2.24) is 0 Å². The second-order valence-corrected chi connectivity index (χ2v) is 5.45. The van der Waals surface area contributed by atoms with Gasteiger partial charge >= 0.3 is 0 Å². The molecule has 1 N–H and O–H groups in total. The maximum Gasteiger partial charge on any atom is 0.124 e. The number of allylic oxidation sites excluding steroid dienone is 1. The topological polar surface area (TPSA) is 29.5 Å². The number of ether oxygens (including phenoxy) is 1. The summed E-state index contributed by atoms with van der Waals surface area (Å²) < 4.78 is 5.43. The smallest absolute Gasteiger partial charge is 0.124 e. The Balaban J connectivity index is 1.89. The van der Waals surface area contributed by atoms with E-state index in [2.05, 4.69) is 6.92 Å². The summed E-state index contributed by atoms with van der Waals surface area (Å²) in [5, 5.41) is 9.99. The van der Waals surface area contributed by atoms with Gasteiger partial charge in [-0.25, -0.2) is 0 Å². The summed E-state index contributed by atoms with van der Waals surface area (Å²) in [5.74, 6) is 0. The van der Waals surface area contributed by atoms with E-state index < -0.39 is 0 Å². The van der Waals surface area contributed by atoms with E-state index in [1.807, 2.05) is 6.08 Å². The van der Waals surface area contributed by atoms with Crippen LogP contribution in [-0.2, 0) is 4.74 Å². The number of hydrogen-bond donors (Lipinski definition) is 1. The van der Waals surface area contributed by atoms with Crippen LogP contribution in [0.2, 0.25) is 0 Å². The van der Waals surface area contributed by atoms with E-state index in [-0.39, 0.29) is 12.2 Å². The van der Waals surface area contributed by atoms with Gasteiger partial charge in [0.1, 0.15) is 6.10 Å². The molecule has 0 amide bonds. The Morgan fingerprint density at radius 1 is 1.11 bits per heavy atom. The van der Waals surface area contributed by atoms with Gasteiger partial charge in [-0.3, -0.25) is 0 Å². The maximum absolute atomic E-state index is 9.99. The minimum atomic E-state index is -0.268. The zero-order valence-electron chi connectivity index (χ0n) is 11.9. The quantitative estimate of drug-likeness (QED) is 0.579. The highest BCUT2D eigenvalue weighted by atomic mass is 16.5. The molecule has 0 aromatic heterocycles. The zero-order valence-corrected chi connectivity index (χ0v) is 11.9. The molecular formula is C16H30O2. The van der Waals surface area contributed by atoms with Crippen LogP contribution in [0.25, 0.3) is 0 Å². The molecule has 0 aromatic carbocycles. The zero-order chi connectivity index (χ0) is 13.1. The summed E-state index contributed by atoms with van der Waals surface area (Å²) in [4.78, 5) is 0. The van der Waals surface area contributed by atoms with Crippen LogP contribution in [0.5, 0.6) is 0 Å². The number of aliphatic hydroxyl groups excluding tert-OH is 1. The first kappa shape index (κ1) is 15.6. The first-order chi connectivity index (χ1) is 8.84. The normalized spacial score (nSPS) is 20.7. The standard InChI is InChI=1S/C16H30O2/c1-2-3-4-5-6-7-8-9-12-15(17)16-13-10-11-14-18-16/h11,14-17H,2-10,12-13H2,1H3/t15-,16-/m0/s1. The van der Waals surface area contributed by atoms with Crippen molar-refractivity contribution in [1.29, 1.82) is 0 Å². The summed E-state index contributed by atoms with van der Waals surface area (Å²) in [6.45, 7) is 2.25. The summed E-state index contributed by atoms with van der Waals surface area (Å²) in [5.41, 5.74) is 0. The third kappa shape index (κ3) is 7.05. The Bertz CT molecular complexity index is 213. The molecule has 1 aliphatic rings. The Kier molecular flexibility index (Phi) is 9.01. The molecular weight excluding hydrogens is 224 g/mol. The van der Waals surface area contributed by atoms with Gasteiger partial charge < -0.3 is 9.84 Å². The average Bonchev–Trinajstić information content (AvgIpc) is 2.42. The monoisotopic (exact) mass is 254 g/mol. The minimum absolute atomic E-state index is 0.0413. The minimum Gasteiger partial charge on any atom is -0.496 e. The highest BCUT2D eigenvalue weighted by molar-refractivity contribution is 4.85. The number of hydrogen-bond acceptors (Lipinski definition) is 2.